The number of hydrogen-bond donors (Lipinski definition) is 2. The van der Waals surface area contributed by atoms with E-state index < -0.39 is 17.8 Å². The fraction of sp³-hybridized carbons (Fsp3) is 0.158. The summed E-state index contributed by atoms with van der Waals surface area (Å²) >= 11 is 0. The number of benzene rings is 2. The van der Waals surface area contributed by atoms with Crippen molar-refractivity contribution in [3.63, 3.8) is 0 Å². The number of methoxy groups -OCH3 is 1. The fourth-order valence-electron chi connectivity index (χ4n) is 2.05. The maximum atomic E-state index is 11.9. The lowest BCUT2D eigenvalue weighted by Gasteiger charge is -2.06. The van der Waals surface area contributed by atoms with Crippen LogP contribution >= 0.6 is 0 Å². The van der Waals surface area contributed by atoms with Crippen LogP contribution in [0.3, 0.4) is 0 Å². The lowest BCUT2D eigenvalue weighted by Crippen LogP contribution is -2.32. The molecule has 2 aromatic rings. The highest BCUT2D eigenvalue weighted by Gasteiger charge is 2.13. The van der Waals surface area contributed by atoms with Gasteiger partial charge in [0.1, 0.15) is 0 Å². The number of esters is 1. The Morgan fingerprint density at radius 2 is 1.65 bits per heavy atom. The van der Waals surface area contributed by atoms with Gasteiger partial charge in [-0.1, -0.05) is 18.2 Å². The third kappa shape index (κ3) is 5.01. The largest absolute Gasteiger partial charge is 0.465 e. The summed E-state index contributed by atoms with van der Waals surface area (Å²) in [5, 5.41) is 6.24. The van der Waals surface area contributed by atoms with Crippen molar-refractivity contribution in [1.82, 2.24) is 5.43 Å². The molecule has 0 saturated heterocycles. The zero-order valence-corrected chi connectivity index (χ0v) is 14.7. The topological polar surface area (TPSA) is 96.9 Å². The average molecular weight is 353 g/mol. The Labute approximate surface area is 151 Å². The molecule has 0 unspecified atom stereocenters. The fourth-order valence-corrected chi connectivity index (χ4v) is 2.05. The molecule has 0 atom stereocenters. The van der Waals surface area contributed by atoms with Crippen molar-refractivity contribution in [2.24, 2.45) is 5.10 Å². The van der Waals surface area contributed by atoms with E-state index in [2.05, 4.69) is 20.6 Å². The molecule has 2 aromatic carbocycles. The van der Waals surface area contributed by atoms with E-state index in [1.807, 2.05) is 19.9 Å². The smallest absolute Gasteiger partial charge is 0.337 e. The van der Waals surface area contributed by atoms with Crippen molar-refractivity contribution in [2.75, 3.05) is 12.4 Å². The van der Waals surface area contributed by atoms with E-state index in [1.54, 1.807) is 36.4 Å². The van der Waals surface area contributed by atoms with Gasteiger partial charge >= 0.3 is 17.8 Å². The first-order valence-corrected chi connectivity index (χ1v) is 7.80. The number of ether oxygens (including phenoxy) is 1. The van der Waals surface area contributed by atoms with Gasteiger partial charge in [0.25, 0.3) is 0 Å². The Hall–Kier alpha value is -3.48. The van der Waals surface area contributed by atoms with Gasteiger partial charge in [0, 0.05) is 5.69 Å². The lowest BCUT2D eigenvalue weighted by molar-refractivity contribution is -0.136. The SMILES string of the molecule is COC(=O)c1ccc(/C=N/NC(=O)C(=O)Nc2ccc(C)c(C)c2)cc1. The van der Waals surface area contributed by atoms with Gasteiger partial charge in [-0.05, 0) is 54.8 Å². The second-order valence-electron chi connectivity index (χ2n) is 5.57. The molecular formula is C19H19N3O4. The molecule has 0 spiro atoms. The first kappa shape index (κ1) is 18.9. The zero-order chi connectivity index (χ0) is 19.1. The van der Waals surface area contributed by atoms with Crippen molar-refractivity contribution >= 4 is 29.7 Å². The van der Waals surface area contributed by atoms with E-state index >= 15 is 0 Å². The monoisotopic (exact) mass is 353 g/mol. The number of hydrazone groups is 1. The quantitative estimate of drug-likeness (QED) is 0.381. The van der Waals surface area contributed by atoms with Crippen LogP contribution in [0.2, 0.25) is 0 Å². The molecule has 0 saturated carbocycles. The molecule has 2 amide bonds. The van der Waals surface area contributed by atoms with Crippen LogP contribution in [-0.2, 0) is 14.3 Å². The molecule has 2 N–H and O–H groups in total. The first-order valence-electron chi connectivity index (χ1n) is 7.80. The Morgan fingerprint density at radius 3 is 2.27 bits per heavy atom. The number of anilines is 1. The van der Waals surface area contributed by atoms with Gasteiger partial charge in [0.15, 0.2) is 0 Å². The van der Waals surface area contributed by atoms with Crippen molar-refractivity contribution in [1.29, 1.82) is 0 Å². The Balaban J connectivity index is 1.90. The molecule has 0 heterocycles. The molecule has 2 rings (SSSR count). The van der Waals surface area contributed by atoms with Crippen LogP contribution in [0.15, 0.2) is 47.6 Å². The van der Waals surface area contributed by atoms with E-state index in [0.29, 0.717) is 16.8 Å². The molecule has 0 fully saturated rings. The Kier molecular flexibility index (Phi) is 6.21. The minimum atomic E-state index is -0.884. The van der Waals surface area contributed by atoms with E-state index in [4.69, 9.17) is 0 Å². The summed E-state index contributed by atoms with van der Waals surface area (Å²) < 4.78 is 4.60. The summed E-state index contributed by atoms with van der Waals surface area (Å²) in [4.78, 5) is 35.0. The molecule has 0 aliphatic heterocycles. The zero-order valence-electron chi connectivity index (χ0n) is 14.7. The molecule has 0 radical (unpaired) electrons. The van der Waals surface area contributed by atoms with Crippen LogP contribution in [-0.4, -0.2) is 31.1 Å². The summed E-state index contributed by atoms with van der Waals surface area (Å²) in [6, 6.07) is 11.8. The standard InChI is InChI=1S/C19H19N3O4/c1-12-4-9-16(10-13(12)2)21-17(23)18(24)22-20-11-14-5-7-15(8-6-14)19(25)26-3/h4-11H,1-3H3,(H,21,23)(H,22,24)/b20-11+. The van der Waals surface area contributed by atoms with E-state index in [0.717, 1.165) is 11.1 Å². The van der Waals surface area contributed by atoms with Crippen molar-refractivity contribution in [3.8, 4) is 0 Å². The molecular weight excluding hydrogens is 334 g/mol. The highest BCUT2D eigenvalue weighted by atomic mass is 16.5. The minimum Gasteiger partial charge on any atom is -0.465 e. The highest BCUT2D eigenvalue weighted by molar-refractivity contribution is 6.39. The van der Waals surface area contributed by atoms with Gasteiger partial charge in [-0.25, -0.2) is 10.2 Å². The van der Waals surface area contributed by atoms with Gasteiger partial charge < -0.3 is 10.1 Å². The number of nitrogens with one attached hydrogen (secondary N) is 2. The maximum Gasteiger partial charge on any atom is 0.337 e. The number of rotatable bonds is 4. The second-order valence-corrected chi connectivity index (χ2v) is 5.57. The van der Waals surface area contributed by atoms with E-state index in [9.17, 15) is 14.4 Å². The lowest BCUT2D eigenvalue weighted by atomic mass is 10.1. The van der Waals surface area contributed by atoms with Crippen LogP contribution in [0.1, 0.15) is 27.0 Å². The van der Waals surface area contributed by atoms with Crippen LogP contribution in [0.25, 0.3) is 0 Å². The molecule has 0 aliphatic rings. The number of nitrogens with zero attached hydrogens (tertiary/aromatic N) is 1. The van der Waals surface area contributed by atoms with E-state index in [1.165, 1.54) is 13.3 Å². The molecule has 0 aromatic heterocycles. The minimum absolute atomic E-state index is 0.404. The summed E-state index contributed by atoms with van der Waals surface area (Å²) in [7, 11) is 1.30. The van der Waals surface area contributed by atoms with Crippen molar-refractivity contribution in [3.05, 3.63) is 64.7 Å². The molecule has 0 bridgehead atoms. The number of carbonyl (C=O) groups is 3. The van der Waals surface area contributed by atoms with Crippen LogP contribution < -0.4 is 10.7 Å². The van der Waals surface area contributed by atoms with Crippen molar-refractivity contribution in [2.45, 2.75) is 13.8 Å². The Morgan fingerprint density at radius 1 is 0.962 bits per heavy atom. The van der Waals surface area contributed by atoms with Gasteiger partial charge in [0.05, 0.1) is 18.9 Å². The van der Waals surface area contributed by atoms with Gasteiger partial charge in [-0.15, -0.1) is 0 Å². The number of carbonyl (C=O) groups excluding carboxylic acids is 3. The molecule has 26 heavy (non-hydrogen) atoms. The summed E-state index contributed by atoms with van der Waals surface area (Å²) in [5.41, 5.74) is 5.84. The van der Waals surface area contributed by atoms with Gasteiger partial charge in [-0.2, -0.15) is 5.10 Å². The molecule has 7 heteroatoms. The van der Waals surface area contributed by atoms with Gasteiger partial charge in [0.2, 0.25) is 0 Å². The van der Waals surface area contributed by atoms with E-state index in [-0.39, 0.29) is 0 Å². The van der Waals surface area contributed by atoms with Crippen LogP contribution in [0.5, 0.6) is 0 Å². The predicted molar refractivity (Wildman–Crippen MR) is 98.1 cm³/mol. The molecule has 7 nitrogen and oxygen atoms in total. The third-order valence-corrected chi connectivity index (χ3v) is 3.68. The summed E-state index contributed by atoms with van der Waals surface area (Å²) in [6.07, 6.45) is 1.36. The van der Waals surface area contributed by atoms with Crippen molar-refractivity contribution < 1.29 is 19.1 Å². The Bertz CT molecular complexity index is 858. The maximum absolute atomic E-state index is 11.9. The summed E-state index contributed by atoms with van der Waals surface area (Å²) in [6.45, 7) is 3.88. The van der Waals surface area contributed by atoms with Crippen LogP contribution in [0.4, 0.5) is 5.69 Å². The highest BCUT2D eigenvalue weighted by Crippen LogP contribution is 2.13. The number of aryl methyl sites for hydroxylation is 2. The average Bonchev–Trinajstić information content (AvgIpc) is 2.64. The first-order chi connectivity index (χ1) is 12.4. The second kappa shape index (κ2) is 8.57. The van der Waals surface area contributed by atoms with Crippen LogP contribution in [0, 0.1) is 13.8 Å². The third-order valence-electron chi connectivity index (χ3n) is 3.68. The molecule has 134 valence electrons. The summed E-state index contributed by atoms with van der Waals surface area (Å²) in [5.74, 6) is -2.14. The normalized spacial score (nSPS) is 10.4. The molecule has 0 aliphatic carbocycles. The van der Waals surface area contributed by atoms with Gasteiger partial charge in [-0.3, -0.25) is 9.59 Å². The number of amides is 2. The predicted octanol–water partition coefficient (Wildman–Crippen LogP) is 2.18. The number of hydrogen-bond acceptors (Lipinski definition) is 5.